The van der Waals surface area contributed by atoms with E-state index in [2.05, 4.69) is 52.8 Å². The van der Waals surface area contributed by atoms with Gasteiger partial charge in [0, 0.05) is 42.7 Å². The number of hydrogen-bond acceptors (Lipinski definition) is 5. The van der Waals surface area contributed by atoms with Gasteiger partial charge in [-0.15, -0.1) is 11.8 Å². The van der Waals surface area contributed by atoms with E-state index in [9.17, 15) is 19.5 Å². The van der Waals surface area contributed by atoms with E-state index in [1.807, 2.05) is 46.2 Å². The fourth-order valence-corrected chi connectivity index (χ4v) is 9.91. The summed E-state index contributed by atoms with van der Waals surface area (Å²) in [6.07, 6.45) is 12.4. The Morgan fingerprint density at radius 2 is 1.62 bits per heavy atom. The Labute approximate surface area is 255 Å². The van der Waals surface area contributed by atoms with E-state index < -0.39 is 28.2 Å². The predicted octanol–water partition coefficient (Wildman–Crippen LogP) is 5.05. The second kappa shape index (κ2) is 11.8. The van der Waals surface area contributed by atoms with Crippen LogP contribution in [0.1, 0.15) is 66.7 Å². The van der Waals surface area contributed by atoms with Crippen LogP contribution in [-0.4, -0.2) is 80.4 Å². The van der Waals surface area contributed by atoms with E-state index in [-0.39, 0.29) is 35.0 Å². The molecule has 0 saturated carbocycles. The van der Waals surface area contributed by atoms with E-state index in [1.165, 1.54) is 0 Å². The van der Waals surface area contributed by atoms with Crippen molar-refractivity contribution in [3.8, 4) is 0 Å². The summed E-state index contributed by atoms with van der Waals surface area (Å²) >= 11 is 1.64. The molecule has 5 rings (SSSR count). The molecule has 4 aliphatic heterocycles. The van der Waals surface area contributed by atoms with Gasteiger partial charge in [0.05, 0.1) is 16.6 Å². The molecular formula is C34H47N3O4S. The average Bonchev–Trinajstić information content (AvgIpc) is 3.22. The first-order valence-electron chi connectivity index (χ1n) is 15.5. The Morgan fingerprint density at radius 3 is 2.31 bits per heavy atom. The number of nitrogens with zero attached hydrogens (tertiary/aromatic N) is 3. The van der Waals surface area contributed by atoms with Crippen LogP contribution in [-0.2, 0) is 14.4 Å². The van der Waals surface area contributed by atoms with Crippen molar-refractivity contribution < 1.29 is 19.5 Å². The molecule has 0 radical (unpaired) electrons. The summed E-state index contributed by atoms with van der Waals surface area (Å²) in [6, 6.07) is 9.00. The van der Waals surface area contributed by atoms with Gasteiger partial charge in [-0.3, -0.25) is 14.4 Å². The summed E-state index contributed by atoms with van der Waals surface area (Å²) in [4.78, 5) is 49.2. The minimum atomic E-state index is -0.805. The highest BCUT2D eigenvalue weighted by atomic mass is 32.2. The van der Waals surface area contributed by atoms with Gasteiger partial charge in [0.15, 0.2) is 0 Å². The Hall–Kier alpha value is -2.58. The maximum Gasteiger partial charge on any atom is 0.247 e. The topological polar surface area (TPSA) is 81.2 Å². The third-order valence-electron chi connectivity index (χ3n) is 9.23. The van der Waals surface area contributed by atoms with Crippen LogP contribution >= 0.6 is 11.8 Å². The van der Waals surface area contributed by atoms with Gasteiger partial charge in [0.2, 0.25) is 17.7 Å². The van der Waals surface area contributed by atoms with E-state index >= 15 is 0 Å². The van der Waals surface area contributed by atoms with Crippen molar-refractivity contribution >= 4 is 35.2 Å². The number of para-hydroxylation sites is 1. The molecule has 42 heavy (non-hydrogen) atoms. The van der Waals surface area contributed by atoms with Crippen LogP contribution in [0.3, 0.4) is 0 Å². The number of rotatable bonds is 9. The van der Waals surface area contributed by atoms with Crippen molar-refractivity contribution in [2.24, 2.45) is 17.3 Å². The Morgan fingerprint density at radius 1 is 0.905 bits per heavy atom. The second-order valence-electron chi connectivity index (χ2n) is 14.1. The zero-order valence-electron chi connectivity index (χ0n) is 25.8. The molecule has 4 heterocycles. The number of hydrogen-bond donors (Lipinski definition) is 1. The van der Waals surface area contributed by atoms with Crippen molar-refractivity contribution in [3.05, 3.63) is 54.6 Å². The summed E-state index contributed by atoms with van der Waals surface area (Å²) in [6.45, 7) is 12.4. The molecule has 5 atom stereocenters. The number of amides is 3. The molecule has 2 saturated heterocycles. The summed E-state index contributed by atoms with van der Waals surface area (Å²) < 4.78 is -0.805. The Kier molecular flexibility index (Phi) is 8.70. The van der Waals surface area contributed by atoms with Crippen LogP contribution in [0.25, 0.3) is 0 Å². The number of anilines is 1. The van der Waals surface area contributed by atoms with Crippen LogP contribution in [0.4, 0.5) is 5.69 Å². The first kappa shape index (κ1) is 30.9. The largest absolute Gasteiger partial charge is 0.396 e. The smallest absolute Gasteiger partial charge is 0.247 e. The molecule has 4 aliphatic rings. The van der Waals surface area contributed by atoms with Crippen LogP contribution in [0, 0.1) is 17.3 Å². The van der Waals surface area contributed by atoms with Crippen LogP contribution in [0.15, 0.2) is 54.6 Å². The van der Waals surface area contributed by atoms with Crippen LogP contribution in [0.5, 0.6) is 0 Å². The maximum atomic E-state index is 14.8. The summed E-state index contributed by atoms with van der Waals surface area (Å²) in [5.41, 5.74) is 0.432. The standard InChI is InChI=1S/C34H47N3O4S/c1-32(2,3)23-33(4,5)37-21-14-18-34-27(30(40)36(28(34)31(37)41)19-11-6-7-12-22-38)26-25(42-34)17-13-20-35(29(26)39)24-15-9-8-10-16-24/h8-10,13-18,25-28,38H,6-7,11-12,19-23H2,1-5H3/t25-,26+,27-,28?,34-/m0/s1. The lowest BCUT2D eigenvalue weighted by molar-refractivity contribution is -0.146. The SMILES string of the molecule is CC(C)(C)CC(C)(C)N1CC=C[C@]23S[C@H]4C=CCN(c5ccccc5)C(=O)[C@H]4[C@H]2C(=O)N(CCCCCCO)C3C1=O. The van der Waals surface area contributed by atoms with E-state index in [4.69, 9.17) is 0 Å². The average molecular weight is 594 g/mol. The molecular weight excluding hydrogens is 546 g/mol. The van der Waals surface area contributed by atoms with Gasteiger partial charge >= 0.3 is 0 Å². The van der Waals surface area contributed by atoms with Crippen LogP contribution < -0.4 is 4.90 Å². The highest BCUT2D eigenvalue weighted by Gasteiger charge is 2.71. The van der Waals surface area contributed by atoms with Crippen molar-refractivity contribution in [2.45, 2.75) is 88.3 Å². The number of aliphatic hydroxyl groups excluding tert-OH is 1. The number of aliphatic hydroxyl groups is 1. The molecule has 0 bridgehead atoms. The quantitative estimate of drug-likeness (QED) is 0.320. The molecule has 228 valence electrons. The third-order valence-corrected chi connectivity index (χ3v) is 11.0. The molecule has 1 spiro atoms. The fourth-order valence-electron chi connectivity index (χ4n) is 7.90. The number of unbranched alkanes of at least 4 members (excludes halogenated alkanes) is 3. The molecule has 1 aromatic carbocycles. The van der Waals surface area contributed by atoms with Gasteiger partial charge < -0.3 is 19.8 Å². The number of carbonyl (C=O) groups is 3. The van der Waals surface area contributed by atoms with E-state index in [0.29, 0.717) is 19.6 Å². The lowest BCUT2D eigenvalue weighted by atomic mass is 9.77. The van der Waals surface area contributed by atoms with Gasteiger partial charge in [-0.05, 0) is 50.7 Å². The minimum Gasteiger partial charge on any atom is -0.396 e. The molecule has 2 fully saturated rings. The normalized spacial score (nSPS) is 29.5. The number of likely N-dealkylation sites (tertiary alicyclic amines) is 1. The Bertz CT molecular complexity index is 1240. The van der Waals surface area contributed by atoms with E-state index in [1.54, 1.807) is 16.7 Å². The highest BCUT2D eigenvalue weighted by Crippen LogP contribution is 2.61. The summed E-state index contributed by atoms with van der Waals surface area (Å²) in [5.74, 6) is -1.29. The zero-order valence-corrected chi connectivity index (χ0v) is 26.6. The van der Waals surface area contributed by atoms with Crippen molar-refractivity contribution in [1.29, 1.82) is 0 Å². The monoisotopic (exact) mass is 593 g/mol. The number of carbonyl (C=O) groups excluding carboxylic acids is 3. The highest BCUT2D eigenvalue weighted by molar-refractivity contribution is 8.02. The lowest BCUT2D eigenvalue weighted by Crippen LogP contribution is -2.58. The lowest BCUT2D eigenvalue weighted by Gasteiger charge is -2.44. The molecule has 0 aromatic heterocycles. The second-order valence-corrected chi connectivity index (χ2v) is 15.6. The van der Waals surface area contributed by atoms with Gasteiger partial charge in [-0.1, -0.05) is 76.1 Å². The predicted molar refractivity (Wildman–Crippen MR) is 169 cm³/mol. The molecule has 7 nitrogen and oxygen atoms in total. The van der Waals surface area contributed by atoms with Crippen molar-refractivity contribution in [2.75, 3.05) is 31.1 Å². The first-order chi connectivity index (χ1) is 19.9. The van der Waals surface area contributed by atoms with Crippen LogP contribution in [0.2, 0.25) is 0 Å². The maximum absolute atomic E-state index is 14.8. The summed E-state index contributed by atoms with van der Waals surface area (Å²) in [7, 11) is 0. The molecule has 1 unspecified atom stereocenters. The van der Waals surface area contributed by atoms with Gasteiger partial charge in [-0.25, -0.2) is 0 Å². The van der Waals surface area contributed by atoms with Crippen molar-refractivity contribution in [1.82, 2.24) is 9.80 Å². The first-order valence-corrected chi connectivity index (χ1v) is 16.4. The number of benzene rings is 1. The zero-order chi connectivity index (χ0) is 30.3. The van der Waals surface area contributed by atoms with Gasteiger partial charge in [0.1, 0.15) is 6.04 Å². The summed E-state index contributed by atoms with van der Waals surface area (Å²) in [5, 5.41) is 9.05. The minimum absolute atomic E-state index is 0.0132. The fraction of sp³-hybridized carbons (Fsp3) is 0.618. The number of fused-ring (bicyclic) bond motifs is 2. The van der Waals surface area contributed by atoms with Gasteiger partial charge in [-0.2, -0.15) is 0 Å². The van der Waals surface area contributed by atoms with E-state index in [0.717, 1.165) is 37.8 Å². The third kappa shape index (κ3) is 5.57. The molecule has 0 aliphatic carbocycles. The molecule has 8 heteroatoms. The molecule has 1 N–H and O–H groups in total. The molecule has 1 aromatic rings. The van der Waals surface area contributed by atoms with Gasteiger partial charge in [0.25, 0.3) is 0 Å². The van der Waals surface area contributed by atoms with Crippen molar-refractivity contribution in [3.63, 3.8) is 0 Å². The number of thioether (sulfide) groups is 1. The molecule has 3 amide bonds. The Balaban J connectivity index is 1.54.